The molecule has 1 amide bonds. The summed E-state index contributed by atoms with van der Waals surface area (Å²) in [6.07, 6.45) is 1.08. The number of fused-ring (bicyclic) bond motifs is 1. The van der Waals surface area contributed by atoms with Gasteiger partial charge in [-0.25, -0.2) is 13.4 Å². The summed E-state index contributed by atoms with van der Waals surface area (Å²) in [4.78, 5) is 16.9. The molecule has 0 radical (unpaired) electrons. The first kappa shape index (κ1) is 16.9. The van der Waals surface area contributed by atoms with Crippen molar-refractivity contribution < 1.29 is 13.2 Å². The second-order valence-electron chi connectivity index (χ2n) is 5.31. The van der Waals surface area contributed by atoms with Gasteiger partial charge in [-0.2, -0.15) is 0 Å². The van der Waals surface area contributed by atoms with E-state index in [0.29, 0.717) is 5.13 Å². The maximum absolute atomic E-state index is 12.5. The van der Waals surface area contributed by atoms with Crippen molar-refractivity contribution in [1.29, 1.82) is 0 Å². The van der Waals surface area contributed by atoms with Crippen molar-refractivity contribution in [3.8, 4) is 0 Å². The monoisotopic (exact) mass is 380 g/mol. The lowest BCUT2D eigenvalue weighted by Gasteiger charge is -2.06. The van der Waals surface area contributed by atoms with Crippen molar-refractivity contribution in [1.82, 2.24) is 4.98 Å². The van der Waals surface area contributed by atoms with Gasteiger partial charge in [0.05, 0.1) is 25.7 Å². The number of nitrogens with one attached hydrogen (secondary N) is 1. The molecule has 0 saturated carbocycles. The minimum atomic E-state index is -3.43. The Morgan fingerprint density at radius 1 is 1.25 bits per heavy atom. The Kier molecular flexibility index (Phi) is 4.33. The van der Waals surface area contributed by atoms with E-state index in [1.807, 2.05) is 25.1 Å². The summed E-state index contributed by atoms with van der Waals surface area (Å²) < 4.78 is 24.3. The SMILES string of the molecule is Cc1cccc2sc(NC(=O)c3cc(S(C)(=O)=O)ccc3Cl)nc12. The predicted molar refractivity (Wildman–Crippen MR) is 96.9 cm³/mol. The van der Waals surface area contributed by atoms with Crippen LogP contribution >= 0.6 is 22.9 Å². The lowest BCUT2D eigenvalue weighted by Crippen LogP contribution is -2.13. The second-order valence-corrected chi connectivity index (χ2v) is 8.76. The van der Waals surface area contributed by atoms with Crippen LogP contribution in [0.1, 0.15) is 15.9 Å². The van der Waals surface area contributed by atoms with E-state index in [4.69, 9.17) is 11.6 Å². The lowest BCUT2D eigenvalue weighted by molar-refractivity contribution is 0.102. The molecule has 0 unspecified atom stereocenters. The van der Waals surface area contributed by atoms with Crippen LogP contribution in [0, 0.1) is 6.92 Å². The molecule has 0 saturated heterocycles. The number of amides is 1. The number of aryl methyl sites for hydroxylation is 1. The molecule has 0 fully saturated rings. The Bertz CT molecular complexity index is 1060. The number of hydrogen-bond donors (Lipinski definition) is 1. The highest BCUT2D eigenvalue weighted by molar-refractivity contribution is 7.90. The van der Waals surface area contributed by atoms with Gasteiger partial charge in [0.15, 0.2) is 15.0 Å². The van der Waals surface area contributed by atoms with E-state index in [-0.39, 0.29) is 15.5 Å². The third kappa shape index (κ3) is 3.28. The fourth-order valence-electron chi connectivity index (χ4n) is 2.21. The van der Waals surface area contributed by atoms with Gasteiger partial charge in [-0.1, -0.05) is 35.1 Å². The molecule has 0 atom stereocenters. The van der Waals surface area contributed by atoms with Gasteiger partial charge >= 0.3 is 0 Å². The fourth-order valence-corrected chi connectivity index (χ4v) is 4.00. The van der Waals surface area contributed by atoms with E-state index in [1.165, 1.54) is 29.5 Å². The summed E-state index contributed by atoms with van der Waals surface area (Å²) in [6, 6.07) is 9.83. The Hall–Kier alpha value is -1.96. The smallest absolute Gasteiger partial charge is 0.259 e. The number of hydrogen-bond acceptors (Lipinski definition) is 5. The maximum Gasteiger partial charge on any atom is 0.259 e. The summed E-state index contributed by atoms with van der Waals surface area (Å²) in [5, 5.41) is 3.30. The third-order valence-corrected chi connectivity index (χ3v) is 5.83. The molecule has 1 heterocycles. The van der Waals surface area contributed by atoms with E-state index in [2.05, 4.69) is 10.3 Å². The third-order valence-electron chi connectivity index (χ3n) is 3.45. The number of nitrogens with zero attached hydrogens (tertiary/aromatic N) is 1. The van der Waals surface area contributed by atoms with Crippen LogP contribution in [0.4, 0.5) is 5.13 Å². The van der Waals surface area contributed by atoms with Crippen LogP contribution in [-0.2, 0) is 9.84 Å². The minimum absolute atomic E-state index is 0.0391. The number of para-hydroxylation sites is 1. The quantitative estimate of drug-likeness (QED) is 0.747. The number of aromatic nitrogens is 1. The molecule has 2 aromatic carbocycles. The van der Waals surface area contributed by atoms with Gasteiger partial charge in [-0.15, -0.1) is 0 Å². The number of anilines is 1. The minimum Gasteiger partial charge on any atom is -0.298 e. The van der Waals surface area contributed by atoms with Crippen LogP contribution in [-0.4, -0.2) is 25.6 Å². The Labute approximate surface area is 148 Å². The first-order valence-electron chi connectivity index (χ1n) is 6.93. The number of halogens is 1. The Balaban J connectivity index is 1.95. The van der Waals surface area contributed by atoms with Crippen molar-refractivity contribution in [3.63, 3.8) is 0 Å². The summed E-state index contributed by atoms with van der Waals surface area (Å²) in [5.74, 6) is -0.498. The van der Waals surface area contributed by atoms with Gasteiger partial charge in [0.2, 0.25) is 0 Å². The molecular formula is C16H13ClN2O3S2. The molecule has 0 spiro atoms. The van der Waals surface area contributed by atoms with Crippen molar-refractivity contribution in [2.24, 2.45) is 0 Å². The highest BCUT2D eigenvalue weighted by Crippen LogP contribution is 2.29. The molecule has 0 bridgehead atoms. The number of rotatable bonds is 3. The molecule has 0 aliphatic heterocycles. The number of carbonyl (C=O) groups excluding carboxylic acids is 1. The molecule has 8 heteroatoms. The fraction of sp³-hybridized carbons (Fsp3) is 0.125. The Morgan fingerprint density at radius 3 is 2.67 bits per heavy atom. The van der Waals surface area contributed by atoms with Gasteiger partial charge in [-0.05, 0) is 36.8 Å². The summed E-state index contributed by atoms with van der Waals surface area (Å²) in [6.45, 7) is 1.94. The molecule has 0 aliphatic carbocycles. The van der Waals surface area contributed by atoms with Crippen molar-refractivity contribution >= 4 is 54.0 Å². The Morgan fingerprint density at radius 2 is 2.00 bits per heavy atom. The molecule has 1 N–H and O–H groups in total. The van der Waals surface area contributed by atoms with E-state index < -0.39 is 15.7 Å². The van der Waals surface area contributed by atoms with Crippen molar-refractivity contribution in [2.75, 3.05) is 11.6 Å². The van der Waals surface area contributed by atoms with E-state index in [1.54, 1.807) is 0 Å². The van der Waals surface area contributed by atoms with E-state index in [0.717, 1.165) is 22.0 Å². The predicted octanol–water partition coefficient (Wildman–Crippen LogP) is 3.91. The number of carbonyl (C=O) groups is 1. The molecule has 5 nitrogen and oxygen atoms in total. The van der Waals surface area contributed by atoms with Gasteiger partial charge in [0.1, 0.15) is 0 Å². The van der Waals surface area contributed by atoms with Gasteiger partial charge < -0.3 is 0 Å². The molecule has 3 aromatic rings. The number of thiazole rings is 1. The topological polar surface area (TPSA) is 76.1 Å². The molecular weight excluding hydrogens is 368 g/mol. The average molecular weight is 381 g/mol. The summed E-state index contributed by atoms with van der Waals surface area (Å²) in [5.41, 5.74) is 1.94. The van der Waals surface area contributed by atoms with Crippen molar-refractivity contribution in [2.45, 2.75) is 11.8 Å². The van der Waals surface area contributed by atoms with Crippen LogP contribution in [0.15, 0.2) is 41.3 Å². The standard InChI is InChI=1S/C16H13ClN2O3S2/c1-9-4-3-5-13-14(9)18-16(23-13)19-15(20)11-8-10(24(2,21)22)6-7-12(11)17/h3-8H,1-2H3,(H,18,19,20). The van der Waals surface area contributed by atoms with Gasteiger partial charge in [0.25, 0.3) is 5.91 Å². The van der Waals surface area contributed by atoms with Gasteiger partial charge in [0, 0.05) is 6.26 Å². The zero-order valence-corrected chi connectivity index (χ0v) is 15.2. The highest BCUT2D eigenvalue weighted by Gasteiger charge is 2.17. The van der Waals surface area contributed by atoms with E-state index in [9.17, 15) is 13.2 Å². The summed E-state index contributed by atoms with van der Waals surface area (Å²) in [7, 11) is -3.43. The first-order valence-corrected chi connectivity index (χ1v) is 10.0. The number of benzene rings is 2. The van der Waals surface area contributed by atoms with E-state index >= 15 is 0 Å². The molecule has 3 rings (SSSR count). The van der Waals surface area contributed by atoms with Crippen molar-refractivity contribution in [3.05, 3.63) is 52.5 Å². The molecule has 124 valence electrons. The van der Waals surface area contributed by atoms with Crippen LogP contribution in [0.25, 0.3) is 10.2 Å². The van der Waals surface area contributed by atoms with Gasteiger partial charge in [-0.3, -0.25) is 10.1 Å². The number of sulfone groups is 1. The first-order chi connectivity index (χ1) is 11.3. The largest absolute Gasteiger partial charge is 0.298 e. The van der Waals surface area contributed by atoms with Crippen LogP contribution < -0.4 is 5.32 Å². The zero-order chi connectivity index (χ0) is 17.5. The zero-order valence-electron chi connectivity index (χ0n) is 12.8. The lowest BCUT2D eigenvalue weighted by atomic mass is 10.2. The molecule has 0 aliphatic rings. The van der Waals surface area contributed by atoms with Crippen LogP contribution in [0.5, 0.6) is 0 Å². The van der Waals surface area contributed by atoms with Crippen LogP contribution in [0.2, 0.25) is 5.02 Å². The molecule has 24 heavy (non-hydrogen) atoms. The highest BCUT2D eigenvalue weighted by atomic mass is 35.5. The average Bonchev–Trinajstić information content (AvgIpc) is 2.90. The second kappa shape index (κ2) is 6.16. The summed E-state index contributed by atoms with van der Waals surface area (Å²) >= 11 is 7.38. The maximum atomic E-state index is 12.5. The normalized spacial score (nSPS) is 11.6. The van der Waals surface area contributed by atoms with Crippen LogP contribution in [0.3, 0.4) is 0 Å². The molecule has 1 aromatic heterocycles.